The second kappa shape index (κ2) is 6.54. The molecule has 0 aliphatic heterocycles. The van der Waals surface area contributed by atoms with Crippen LogP contribution in [0.4, 0.5) is 5.69 Å². The molecule has 102 valence electrons. The Kier molecular flexibility index (Phi) is 5.32. The maximum atomic E-state index is 11.7. The average molecular weight is 347 g/mol. The van der Waals surface area contributed by atoms with Gasteiger partial charge in [0, 0.05) is 10.9 Å². The van der Waals surface area contributed by atoms with E-state index in [1.54, 1.807) is 0 Å². The van der Waals surface area contributed by atoms with Crippen LogP contribution in [0.3, 0.4) is 0 Å². The summed E-state index contributed by atoms with van der Waals surface area (Å²) in [6.07, 6.45) is -0.159. The first-order valence-electron chi connectivity index (χ1n) is 5.26. The standard InChI is InChI=1S/C11H11BrN2O4S/c12-9-6-8(7-13)3-4-10(9)14-19(17,18)5-1-2-11(15)16/h3-4,6,14H,1-2,5H2,(H,15,16). The van der Waals surface area contributed by atoms with Gasteiger partial charge in [0.2, 0.25) is 10.0 Å². The van der Waals surface area contributed by atoms with Crippen LogP contribution >= 0.6 is 15.9 Å². The molecule has 8 heteroatoms. The van der Waals surface area contributed by atoms with Gasteiger partial charge in [-0.15, -0.1) is 0 Å². The quantitative estimate of drug-likeness (QED) is 0.818. The number of hydrogen-bond donors (Lipinski definition) is 2. The summed E-state index contributed by atoms with van der Waals surface area (Å²) in [7, 11) is -3.60. The molecule has 6 nitrogen and oxygen atoms in total. The Labute approximate surface area is 119 Å². The number of carbonyl (C=O) groups is 1. The first kappa shape index (κ1) is 15.5. The lowest BCUT2D eigenvalue weighted by atomic mass is 10.2. The van der Waals surface area contributed by atoms with Crippen LogP contribution in [0.1, 0.15) is 18.4 Å². The zero-order valence-corrected chi connectivity index (χ0v) is 12.2. The highest BCUT2D eigenvalue weighted by atomic mass is 79.9. The molecule has 0 fully saturated rings. The van der Waals surface area contributed by atoms with Gasteiger partial charge in [0.15, 0.2) is 0 Å². The van der Waals surface area contributed by atoms with Crippen molar-refractivity contribution in [1.29, 1.82) is 5.26 Å². The van der Waals surface area contributed by atoms with Gasteiger partial charge in [-0.05, 0) is 40.5 Å². The number of nitrogens with one attached hydrogen (secondary N) is 1. The number of rotatable bonds is 6. The minimum atomic E-state index is -3.60. The van der Waals surface area contributed by atoms with Gasteiger partial charge in [0.25, 0.3) is 0 Å². The molecule has 2 N–H and O–H groups in total. The molecule has 19 heavy (non-hydrogen) atoms. The minimum absolute atomic E-state index is 0.0402. The van der Waals surface area contributed by atoms with Crippen molar-refractivity contribution in [1.82, 2.24) is 0 Å². The first-order chi connectivity index (χ1) is 8.84. The number of benzene rings is 1. The molecule has 0 spiro atoms. The Morgan fingerprint density at radius 3 is 2.68 bits per heavy atom. The van der Waals surface area contributed by atoms with E-state index in [-0.39, 0.29) is 18.6 Å². The maximum Gasteiger partial charge on any atom is 0.303 e. The SMILES string of the molecule is N#Cc1ccc(NS(=O)(=O)CCCC(=O)O)c(Br)c1. The summed E-state index contributed by atoms with van der Waals surface area (Å²) < 4.78 is 26.2. The molecule has 0 aliphatic rings. The molecular formula is C11H11BrN2O4S. The van der Waals surface area contributed by atoms with Crippen LogP contribution in [0.5, 0.6) is 0 Å². The summed E-state index contributed by atoms with van der Waals surface area (Å²) in [5.74, 6) is -1.30. The Balaban J connectivity index is 2.73. The van der Waals surface area contributed by atoms with E-state index >= 15 is 0 Å². The highest BCUT2D eigenvalue weighted by Crippen LogP contribution is 2.24. The topological polar surface area (TPSA) is 107 Å². The van der Waals surface area contributed by atoms with Crippen molar-refractivity contribution in [2.75, 3.05) is 10.5 Å². The number of nitriles is 1. The molecule has 0 saturated heterocycles. The van der Waals surface area contributed by atoms with Crippen molar-refractivity contribution in [2.45, 2.75) is 12.8 Å². The normalized spacial score (nSPS) is 10.7. The van der Waals surface area contributed by atoms with Gasteiger partial charge in [-0.1, -0.05) is 0 Å². The van der Waals surface area contributed by atoms with E-state index in [0.29, 0.717) is 15.7 Å². The second-order valence-electron chi connectivity index (χ2n) is 3.72. The number of sulfonamides is 1. The van der Waals surface area contributed by atoms with Crippen LogP contribution in [0.2, 0.25) is 0 Å². The van der Waals surface area contributed by atoms with Gasteiger partial charge < -0.3 is 5.11 Å². The summed E-state index contributed by atoms with van der Waals surface area (Å²) >= 11 is 3.16. The van der Waals surface area contributed by atoms with Crippen LogP contribution in [-0.2, 0) is 14.8 Å². The van der Waals surface area contributed by atoms with Crippen LogP contribution in [0.15, 0.2) is 22.7 Å². The fraction of sp³-hybridized carbons (Fsp3) is 0.273. The molecule has 0 atom stereocenters. The number of hydrogen-bond acceptors (Lipinski definition) is 4. The molecule has 1 aromatic rings. The summed E-state index contributed by atoms with van der Waals surface area (Å²) in [4.78, 5) is 10.3. The molecule has 0 saturated carbocycles. The predicted octanol–water partition coefficient (Wildman–Crippen LogP) is 1.93. The third kappa shape index (κ3) is 5.28. The van der Waals surface area contributed by atoms with E-state index in [2.05, 4.69) is 20.7 Å². The number of carboxylic acid groups (broad SMARTS) is 1. The number of halogens is 1. The van der Waals surface area contributed by atoms with Crippen LogP contribution in [0.25, 0.3) is 0 Å². The smallest absolute Gasteiger partial charge is 0.303 e. The third-order valence-electron chi connectivity index (χ3n) is 2.17. The molecule has 0 unspecified atom stereocenters. The maximum absolute atomic E-state index is 11.7. The zero-order chi connectivity index (χ0) is 14.5. The van der Waals surface area contributed by atoms with Crippen molar-refractivity contribution in [3.8, 4) is 6.07 Å². The van der Waals surface area contributed by atoms with E-state index in [4.69, 9.17) is 10.4 Å². The van der Waals surface area contributed by atoms with Crippen molar-refractivity contribution >= 4 is 37.6 Å². The van der Waals surface area contributed by atoms with Crippen LogP contribution < -0.4 is 4.72 Å². The van der Waals surface area contributed by atoms with Crippen molar-refractivity contribution in [2.24, 2.45) is 0 Å². The molecule has 0 amide bonds. The van der Waals surface area contributed by atoms with Gasteiger partial charge in [-0.25, -0.2) is 8.42 Å². The number of anilines is 1. The Morgan fingerprint density at radius 2 is 2.16 bits per heavy atom. The van der Waals surface area contributed by atoms with E-state index in [1.165, 1.54) is 18.2 Å². The van der Waals surface area contributed by atoms with Crippen molar-refractivity contribution < 1.29 is 18.3 Å². The molecule has 0 heterocycles. The van der Waals surface area contributed by atoms with Crippen molar-refractivity contribution in [3.05, 3.63) is 28.2 Å². The molecule has 1 aromatic carbocycles. The van der Waals surface area contributed by atoms with Gasteiger partial charge in [0.05, 0.1) is 23.1 Å². The Morgan fingerprint density at radius 1 is 1.47 bits per heavy atom. The summed E-state index contributed by atoms with van der Waals surface area (Å²) in [5.41, 5.74) is 0.718. The van der Waals surface area contributed by atoms with E-state index in [9.17, 15) is 13.2 Å². The van der Waals surface area contributed by atoms with Gasteiger partial charge in [-0.3, -0.25) is 9.52 Å². The van der Waals surface area contributed by atoms with E-state index in [0.717, 1.165) is 0 Å². The monoisotopic (exact) mass is 346 g/mol. The number of nitrogens with zero attached hydrogens (tertiary/aromatic N) is 1. The highest BCUT2D eigenvalue weighted by molar-refractivity contribution is 9.10. The fourth-order valence-electron chi connectivity index (χ4n) is 1.30. The lowest BCUT2D eigenvalue weighted by Gasteiger charge is -2.09. The molecule has 0 bridgehead atoms. The minimum Gasteiger partial charge on any atom is -0.481 e. The van der Waals surface area contributed by atoms with Crippen LogP contribution in [-0.4, -0.2) is 25.2 Å². The van der Waals surface area contributed by atoms with E-state index < -0.39 is 16.0 Å². The van der Waals surface area contributed by atoms with Gasteiger partial charge in [0.1, 0.15) is 0 Å². The second-order valence-corrected chi connectivity index (χ2v) is 6.42. The zero-order valence-electron chi connectivity index (χ0n) is 9.76. The molecule has 0 aliphatic carbocycles. The lowest BCUT2D eigenvalue weighted by molar-refractivity contribution is -0.137. The molecule has 0 radical (unpaired) electrons. The fourth-order valence-corrected chi connectivity index (χ4v) is 3.05. The Hall–Kier alpha value is -1.59. The summed E-state index contributed by atoms with van der Waals surface area (Å²) in [5, 5.41) is 17.1. The Bertz CT molecular complexity index is 622. The number of carboxylic acids is 1. The largest absolute Gasteiger partial charge is 0.481 e. The molecular weight excluding hydrogens is 336 g/mol. The first-order valence-corrected chi connectivity index (χ1v) is 7.70. The molecule has 0 aromatic heterocycles. The van der Waals surface area contributed by atoms with Gasteiger partial charge >= 0.3 is 5.97 Å². The predicted molar refractivity (Wildman–Crippen MR) is 73.1 cm³/mol. The third-order valence-corrected chi connectivity index (χ3v) is 4.18. The lowest BCUT2D eigenvalue weighted by Crippen LogP contribution is -2.17. The highest BCUT2D eigenvalue weighted by Gasteiger charge is 2.13. The van der Waals surface area contributed by atoms with E-state index in [1.807, 2.05) is 6.07 Å². The summed E-state index contributed by atoms with van der Waals surface area (Å²) in [6, 6.07) is 6.38. The van der Waals surface area contributed by atoms with Crippen molar-refractivity contribution in [3.63, 3.8) is 0 Å². The van der Waals surface area contributed by atoms with Crippen LogP contribution in [0, 0.1) is 11.3 Å². The average Bonchev–Trinajstić information content (AvgIpc) is 2.30. The molecule has 1 rings (SSSR count). The number of aliphatic carboxylic acids is 1. The summed E-state index contributed by atoms with van der Waals surface area (Å²) in [6.45, 7) is 0. The van der Waals surface area contributed by atoms with Gasteiger partial charge in [-0.2, -0.15) is 5.26 Å².